The molecular formula is C14H27NO. The first-order valence-corrected chi connectivity index (χ1v) is 5.96. The highest BCUT2D eigenvalue weighted by molar-refractivity contribution is 5.02. The van der Waals surface area contributed by atoms with Gasteiger partial charge in [-0.15, -0.1) is 0 Å². The zero-order valence-electron chi connectivity index (χ0n) is 11.5. The Morgan fingerprint density at radius 1 is 1.06 bits per heavy atom. The Hall–Kier alpha value is -0.600. The number of hydrogen-bond donors (Lipinski definition) is 2. The molecule has 0 radical (unpaired) electrons. The number of nitrogens with one attached hydrogen (secondary N) is 1. The Bertz CT molecular complexity index is 251. The fraction of sp³-hybridized carbons (Fsp3) is 0.714. The van der Waals surface area contributed by atoms with Crippen LogP contribution in [0.2, 0.25) is 0 Å². The monoisotopic (exact) mass is 225 g/mol. The van der Waals surface area contributed by atoms with Crippen LogP contribution in [0.25, 0.3) is 0 Å². The molecule has 0 aromatic heterocycles. The van der Waals surface area contributed by atoms with Gasteiger partial charge in [-0.3, -0.25) is 0 Å². The maximum Gasteiger partial charge on any atom is 0.0750 e. The van der Waals surface area contributed by atoms with E-state index in [1.807, 2.05) is 45.9 Å². The average Bonchev–Trinajstić information content (AvgIpc) is 2.14. The van der Waals surface area contributed by atoms with Gasteiger partial charge in [0.1, 0.15) is 0 Å². The molecule has 0 amide bonds. The van der Waals surface area contributed by atoms with Gasteiger partial charge in [0.25, 0.3) is 0 Å². The standard InChI is InChI=1S/C14H27NO/c1-7-9-13(3,4)12(16)11-15-14(5,6)10-8-2/h7-10,12,15-16H,11H2,1-6H3. The molecule has 2 nitrogen and oxygen atoms in total. The molecule has 94 valence electrons. The summed E-state index contributed by atoms with van der Waals surface area (Å²) >= 11 is 0. The van der Waals surface area contributed by atoms with E-state index in [-0.39, 0.29) is 17.1 Å². The third kappa shape index (κ3) is 5.47. The average molecular weight is 225 g/mol. The molecule has 0 heterocycles. The van der Waals surface area contributed by atoms with Crippen molar-refractivity contribution in [1.29, 1.82) is 0 Å². The summed E-state index contributed by atoms with van der Waals surface area (Å²) in [5.41, 5.74) is -0.254. The van der Waals surface area contributed by atoms with Gasteiger partial charge < -0.3 is 10.4 Å². The molecule has 0 bridgehead atoms. The number of aliphatic hydroxyl groups excluding tert-OH is 1. The van der Waals surface area contributed by atoms with Crippen molar-refractivity contribution in [2.45, 2.75) is 53.2 Å². The van der Waals surface area contributed by atoms with Crippen molar-refractivity contribution in [1.82, 2.24) is 5.32 Å². The van der Waals surface area contributed by atoms with E-state index in [2.05, 4.69) is 25.2 Å². The molecule has 0 saturated carbocycles. The molecular weight excluding hydrogens is 198 g/mol. The van der Waals surface area contributed by atoms with Gasteiger partial charge in [0, 0.05) is 17.5 Å². The van der Waals surface area contributed by atoms with Gasteiger partial charge in [0.15, 0.2) is 0 Å². The van der Waals surface area contributed by atoms with Gasteiger partial charge in [0.05, 0.1) is 6.10 Å². The van der Waals surface area contributed by atoms with Crippen molar-refractivity contribution in [3.8, 4) is 0 Å². The summed E-state index contributed by atoms with van der Waals surface area (Å²) in [7, 11) is 0. The second kappa shape index (κ2) is 6.21. The van der Waals surface area contributed by atoms with Crippen molar-refractivity contribution in [2.75, 3.05) is 6.54 Å². The molecule has 2 heteroatoms. The molecule has 0 saturated heterocycles. The van der Waals surface area contributed by atoms with Gasteiger partial charge in [0.2, 0.25) is 0 Å². The Kier molecular flexibility index (Phi) is 5.98. The molecule has 1 unspecified atom stereocenters. The lowest BCUT2D eigenvalue weighted by molar-refractivity contribution is 0.0765. The van der Waals surface area contributed by atoms with Crippen molar-refractivity contribution >= 4 is 0 Å². The normalized spacial score (nSPS) is 16.2. The van der Waals surface area contributed by atoms with E-state index in [1.54, 1.807) is 0 Å². The van der Waals surface area contributed by atoms with Crippen molar-refractivity contribution in [2.24, 2.45) is 5.41 Å². The highest BCUT2D eigenvalue weighted by Gasteiger charge is 2.26. The minimum atomic E-state index is -0.381. The molecule has 0 aromatic carbocycles. The maximum absolute atomic E-state index is 10.1. The van der Waals surface area contributed by atoms with Crippen molar-refractivity contribution in [3.05, 3.63) is 24.3 Å². The van der Waals surface area contributed by atoms with Gasteiger partial charge in [-0.05, 0) is 27.7 Å². The lowest BCUT2D eigenvalue weighted by Gasteiger charge is -2.31. The Morgan fingerprint density at radius 3 is 2.00 bits per heavy atom. The largest absolute Gasteiger partial charge is 0.391 e. The fourth-order valence-corrected chi connectivity index (χ4v) is 1.64. The second-order valence-electron chi connectivity index (χ2n) is 5.44. The summed E-state index contributed by atoms with van der Waals surface area (Å²) in [4.78, 5) is 0. The lowest BCUT2D eigenvalue weighted by Crippen LogP contribution is -2.45. The van der Waals surface area contributed by atoms with E-state index in [0.717, 1.165) is 0 Å². The second-order valence-corrected chi connectivity index (χ2v) is 5.44. The van der Waals surface area contributed by atoms with Crippen LogP contribution in [0, 0.1) is 5.41 Å². The summed E-state index contributed by atoms with van der Waals surface area (Å²) < 4.78 is 0. The number of aliphatic hydroxyl groups is 1. The van der Waals surface area contributed by atoms with Crippen LogP contribution in [0.3, 0.4) is 0 Å². The molecule has 0 aliphatic heterocycles. The molecule has 0 spiro atoms. The van der Waals surface area contributed by atoms with E-state index in [0.29, 0.717) is 6.54 Å². The molecule has 0 fully saturated rings. The van der Waals surface area contributed by atoms with Crippen molar-refractivity contribution < 1.29 is 5.11 Å². The minimum absolute atomic E-state index is 0.0677. The van der Waals surface area contributed by atoms with Crippen LogP contribution < -0.4 is 5.32 Å². The minimum Gasteiger partial charge on any atom is -0.391 e. The van der Waals surface area contributed by atoms with E-state index in [4.69, 9.17) is 0 Å². The van der Waals surface area contributed by atoms with Gasteiger partial charge in [-0.1, -0.05) is 38.2 Å². The van der Waals surface area contributed by atoms with Crippen LogP contribution in [-0.2, 0) is 0 Å². The molecule has 0 aromatic rings. The maximum atomic E-state index is 10.1. The SMILES string of the molecule is CC=CC(C)(C)NCC(O)C(C)(C)C=CC. The molecule has 16 heavy (non-hydrogen) atoms. The van der Waals surface area contributed by atoms with Crippen molar-refractivity contribution in [3.63, 3.8) is 0 Å². The summed E-state index contributed by atoms with van der Waals surface area (Å²) in [6, 6.07) is 0. The van der Waals surface area contributed by atoms with Gasteiger partial charge in [-0.2, -0.15) is 0 Å². The summed E-state index contributed by atoms with van der Waals surface area (Å²) in [5.74, 6) is 0. The Labute approximate surface area is 100 Å². The predicted octanol–water partition coefficient (Wildman–Crippen LogP) is 2.89. The molecule has 1 atom stereocenters. The zero-order valence-corrected chi connectivity index (χ0v) is 11.5. The third-order valence-corrected chi connectivity index (χ3v) is 2.79. The molecule has 0 aliphatic rings. The van der Waals surface area contributed by atoms with Gasteiger partial charge in [-0.25, -0.2) is 0 Å². The Balaban J connectivity index is 4.32. The summed E-state index contributed by atoms with van der Waals surface area (Å²) in [6.45, 7) is 12.9. The van der Waals surface area contributed by atoms with Crippen LogP contribution in [0.5, 0.6) is 0 Å². The Morgan fingerprint density at radius 2 is 1.56 bits per heavy atom. The highest BCUT2D eigenvalue weighted by Crippen LogP contribution is 2.22. The van der Waals surface area contributed by atoms with E-state index >= 15 is 0 Å². The zero-order chi connectivity index (χ0) is 12.8. The first-order chi connectivity index (χ1) is 7.25. The number of rotatable bonds is 6. The van der Waals surface area contributed by atoms with Crippen LogP contribution in [0.1, 0.15) is 41.5 Å². The smallest absolute Gasteiger partial charge is 0.0750 e. The fourth-order valence-electron chi connectivity index (χ4n) is 1.64. The number of allylic oxidation sites excluding steroid dienone is 2. The first-order valence-electron chi connectivity index (χ1n) is 5.96. The van der Waals surface area contributed by atoms with Gasteiger partial charge >= 0.3 is 0 Å². The first kappa shape index (κ1) is 15.4. The number of hydrogen-bond acceptors (Lipinski definition) is 2. The van der Waals surface area contributed by atoms with Crippen LogP contribution in [-0.4, -0.2) is 23.3 Å². The van der Waals surface area contributed by atoms with Crippen LogP contribution in [0.15, 0.2) is 24.3 Å². The number of β-amino-alcohol motifs (C(OH)–C–C–N with tert-alkyl or cyclic N) is 1. The predicted molar refractivity (Wildman–Crippen MR) is 71.5 cm³/mol. The van der Waals surface area contributed by atoms with Crippen LogP contribution >= 0.6 is 0 Å². The molecule has 0 aliphatic carbocycles. The molecule has 0 rings (SSSR count). The third-order valence-electron chi connectivity index (χ3n) is 2.79. The lowest BCUT2D eigenvalue weighted by atomic mass is 9.85. The quantitative estimate of drug-likeness (QED) is 0.681. The van der Waals surface area contributed by atoms with E-state index < -0.39 is 0 Å². The highest BCUT2D eigenvalue weighted by atomic mass is 16.3. The summed E-state index contributed by atoms with van der Waals surface area (Å²) in [6.07, 6.45) is 7.77. The summed E-state index contributed by atoms with van der Waals surface area (Å²) in [5, 5.41) is 13.5. The van der Waals surface area contributed by atoms with E-state index in [1.165, 1.54) is 0 Å². The topological polar surface area (TPSA) is 32.3 Å². The molecule has 2 N–H and O–H groups in total. The van der Waals surface area contributed by atoms with Crippen LogP contribution in [0.4, 0.5) is 0 Å². The van der Waals surface area contributed by atoms with E-state index in [9.17, 15) is 5.11 Å².